The van der Waals surface area contributed by atoms with Crippen LogP contribution in [-0.4, -0.2) is 81.3 Å². The van der Waals surface area contributed by atoms with Crippen LogP contribution in [0.15, 0.2) is 11.6 Å². The lowest BCUT2D eigenvalue weighted by Gasteiger charge is -2.43. The van der Waals surface area contributed by atoms with Crippen LogP contribution in [0.2, 0.25) is 0 Å². The SMILES string of the molecule is COCCN1CC[C@@]2(CN(CC3=CCCOC3)CC(F)(F)C2)C1=O. The summed E-state index contributed by atoms with van der Waals surface area (Å²) in [6.07, 6.45) is 3.06. The maximum atomic E-state index is 14.4. The summed E-state index contributed by atoms with van der Waals surface area (Å²) in [6.45, 7) is 3.23. The highest BCUT2D eigenvalue weighted by atomic mass is 19.3. The quantitative estimate of drug-likeness (QED) is 0.710. The molecule has 0 aliphatic carbocycles. The fourth-order valence-corrected chi connectivity index (χ4v) is 4.15. The summed E-state index contributed by atoms with van der Waals surface area (Å²) in [5, 5.41) is 0. The van der Waals surface area contributed by atoms with Crippen molar-refractivity contribution in [3.05, 3.63) is 11.6 Å². The first-order valence-corrected chi connectivity index (χ1v) is 8.58. The fourth-order valence-electron chi connectivity index (χ4n) is 4.15. The lowest BCUT2D eigenvalue weighted by atomic mass is 9.77. The van der Waals surface area contributed by atoms with Gasteiger partial charge in [0.25, 0.3) is 5.92 Å². The molecule has 0 unspecified atom stereocenters. The number of hydrogen-bond acceptors (Lipinski definition) is 4. The van der Waals surface area contributed by atoms with Crippen molar-refractivity contribution in [1.82, 2.24) is 9.80 Å². The van der Waals surface area contributed by atoms with E-state index in [1.54, 1.807) is 16.9 Å². The van der Waals surface area contributed by atoms with E-state index in [1.807, 2.05) is 0 Å². The summed E-state index contributed by atoms with van der Waals surface area (Å²) >= 11 is 0. The van der Waals surface area contributed by atoms with Gasteiger partial charge in [-0.15, -0.1) is 0 Å². The lowest BCUT2D eigenvalue weighted by Crippen LogP contribution is -2.56. The molecule has 0 aromatic carbocycles. The minimum absolute atomic E-state index is 0.141. The van der Waals surface area contributed by atoms with Crippen molar-refractivity contribution in [2.75, 3.05) is 59.7 Å². The molecule has 136 valence electrons. The number of amides is 1. The van der Waals surface area contributed by atoms with Gasteiger partial charge in [-0.05, 0) is 18.4 Å². The van der Waals surface area contributed by atoms with E-state index in [1.165, 1.54) is 0 Å². The smallest absolute Gasteiger partial charge is 0.261 e. The van der Waals surface area contributed by atoms with Crippen molar-refractivity contribution in [2.24, 2.45) is 5.41 Å². The average molecular weight is 344 g/mol. The van der Waals surface area contributed by atoms with Gasteiger partial charge in [-0.1, -0.05) is 6.08 Å². The number of carbonyl (C=O) groups is 1. The van der Waals surface area contributed by atoms with Gasteiger partial charge in [-0.25, -0.2) is 8.78 Å². The minimum Gasteiger partial charge on any atom is -0.383 e. The Morgan fingerprint density at radius 3 is 2.92 bits per heavy atom. The van der Waals surface area contributed by atoms with Gasteiger partial charge < -0.3 is 14.4 Å². The zero-order chi connectivity index (χ0) is 17.2. The molecule has 0 bridgehead atoms. The van der Waals surface area contributed by atoms with E-state index in [0.717, 1.165) is 12.0 Å². The Hall–Kier alpha value is -1.05. The molecule has 0 saturated carbocycles. The van der Waals surface area contributed by atoms with E-state index < -0.39 is 11.3 Å². The van der Waals surface area contributed by atoms with Gasteiger partial charge in [-0.3, -0.25) is 9.69 Å². The van der Waals surface area contributed by atoms with Crippen LogP contribution in [0.3, 0.4) is 0 Å². The summed E-state index contributed by atoms with van der Waals surface area (Å²) in [5.41, 5.74) is 0.0850. The van der Waals surface area contributed by atoms with E-state index >= 15 is 0 Å². The predicted octanol–water partition coefficient (Wildman–Crippen LogP) is 1.54. The van der Waals surface area contributed by atoms with Crippen molar-refractivity contribution in [1.29, 1.82) is 0 Å². The Balaban J connectivity index is 1.71. The summed E-state index contributed by atoms with van der Waals surface area (Å²) < 4.78 is 39.2. The third-order valence-electron chi connectivity index (χ3n) is 5.15. The summed E-state index contributed by atoms with van der Waals surface area (Å²) in [6, 6.07) is 0. The molecule has 1 spiro atoms. The third kappa shape index (κ3) is 3.78. The first-order valence-electron chi connectivity index (χ1n) is 8.58. The standard InChI is InChI=1S/C17H26F2N2O3/c1-23-8-6-21-5-4-16(15(21)22)11-17(18,19)13-20(12-16)9-14-3-2-7-24-10-14/h3H,2,4-13H2,1H3/t16-/m1/s1. The van der Waals surface area contributed by atoms with E-state index in [-0.39, 0.29) is 18.9 Å². The molecule has 0 aromatic heterocycles. The molecule has 7 heteroatoms. The molecule has 2 fully saturated rings. The first-order chi connectivity index (χ1) is 11.4. The molecular weight excluding hydrogens is 318 g/mol. The highest BCUT2D eigenvalue weighted by molar-refractivity contribution is 5.85. The van der Waals surface area contributed by atoms with Crippen LogP contribution in [-0.2, 0) is 14.3 Å². The second-order valence-electron chi connectivity index (χ2n) is 7.20. The molecule has 2 saturated heterocycles. The topological polar surface area (TPSA) is 42.0 Å². The Labute approximate surface area is 141 Å². The van der Waals surface area contributed by atoms with Gasteiger partial charge in [0.1, 0.15) is 0 Å². The zero-order valence-electron chi connectivity index (χ0n) is 14.2. The predicted molar refractivity (Wildman–Crippen MR) is 85.0 cm³/mol. The Bertz CT molecular complexity index is 512. The zero-order valence-corrected chi connectivity index (χ0v) is 14.2. The van der Waals surface area contributed by atoms with Crippen LogP contribution in [0.25, 0.3) is 0 Å². The molecule has 3 aliphatic rings. The number of likely N-dealkylation sites (tertiary alicyclic amines) is 2. The number of piperidine rings is 1. The van der Waals surface area contributed by atoms with Gasteiger partial charge in [0.15, 0.2) is 0 Å². The van der Waals surface area contributed by atoms with E-state index in [0.29, 0.717) is 52.4 Å². The molecule has 5 nitrogen and oxygen atoms in total. The number of methoxy groups -OCH3 is 1. The minimum atomic E-state index is -2.83. The molecule has 0 radical (unpaired) electrons. The maximum Gasteiger partial charge on any atom is 0.261 e. The molecule has 1 atom stereocenters. The normalized spacial score (nSPS) is 30.9. The summed E-state index contributed by atoms with van der Waals surface area (Å²) in [4.78, 5) is 16.2. The fraction of sp³-hybridized carbons (Fsp3) is 0.824. The molecular formula is C17H26F2N2O3. The average Bonchev–Trinajstić information content (AvgIpc) is 2.80. The number of alkyl halides is 2. The summed E-state index contributed by atoms with van der Waals surface area (Å²) in [7, 11) is 1.58. The van der Waals surface area contributed by atoms with Crippen LogP contribution in [0.4, 0.5) is 8.78 Å². The van der Waals surface area contributed by atoms with Crippen molar-refractivity contribution in [2.45, 2.75) is 25.2 Å². The van der Waals surface area contributed by atoms with Crippen molar-refractivity contribution in [3.63, 3.8) is 0 Å². The monoisotopic (exact) mass is 344 g/mol. The van der Waals surface area contributed by atoms with Crippen molar-refractivity contribution in [3.8, 4) is 0 Å². The number of halogens is 2. The van der Waals surface area contributed by atoms with Crippen LogP contribution < -0.4 is 0 Å². The number of nitrogens with zero attached hydrogens (tertiary/aromatic N) is 2. The van der Waals surface area contributed by atoms with E-state index in [9.17, 15) is 13.6 Å². The van der Waals surface area contributed by atoms with Crippen LogP contribution in [0.1, 0.15) is 19.3 Å². The largest absolute Gasteiger partial charge is 0.383 e. The molecule has 1 amide bonds. The number of carbonyl (C=O) groups excluding carboxylic acids is 1. The number of ether oxygens (including phenoxy) is 2. The number of rotatable bonds is 5. The molecule has 0 aromatic rings. The van der Waals surface area contributed by atoms with E-state index in [4.69, 9.17) is 9.47 Å². The van der Waals surface area contributed by atoms with Gasteiger partial charge in [-0.2, -0.15) is 0 Å². The Kier molecular flexibility index (Phi) is 5.22. The van der Waals surface area contributed by atoms with E-state index in [2.05, 4.69) is 6.08 Å². The summed E-state index contributed by atoms with van der Waals surface area (Å²) in [5.74, 6) is -2.97. The van der Waals surface area contributed by atoms with Gasteiger partial charge >= 0.3 is 0 Å². The highest BCUT2D eigenvalue weighted by Crippen LogP contribution is 2.45. The van der Waals surface area contributed by atoms with Crippen molar-refractivity contribution >= 4 is 5.91 Å². The number of hydrogen-bond donors (Lipinski definition) is 0. The molecule has 3 rings (SSSR count). The second kappa shape index (κ2) is 7.06. The molecule has 3 heterocycles. The first kappa shape index (κ1) is 17.8. The maximum absolute atomic E-state index is 14.4. The van der Waals surface area contributed by atoms with Crippen LogP contribution >= 0.6 is 0 Å². The molecule has 24 heavy (non-hydrogen) atoms. The van der Waals surface area contributed by atoms with Crippen molar-refractivity contribution < 1.29 is 23.0 Å². The molecule has 3 aliphatic heterocycles. The second-order valence-corrected chi connectivity index (χ2v) is 7.20. The third-order valence-corrected chi connectivity index (χ3v) is 5.15. The highest BCUT2D eigenvalue weighted by Gasteiger charge is 2.56. The van der Waals surface area contributed by atoms with Gasteiger partial charge in [0.05, 0.1) is 31.8 Å². The lowest BCUT2D eigenvalue weighted by molar-refractivity contribution is -0.154. The Morgan fingerprint density at radius 2 is 2.21 bits per heavy atom. The van der Waals surface area contributed by atoms with Crippen LogP contribution in [0.5, 0.6) is 0 Å². The van der Waals surface area contributed by atoms with Gasteiger partial charge in [0, 0.05) is 39.7 Å². The van der Waals surface area contributed by atoms with Crippen LogP contribution in [0, 0.1) is 5.41 Å². The van der Waals surface area contributed by atoms with Gasteiger partial charge in [0.2, 0.25) is 5.91 Å². The molecule has 0 N–H and O–H groups in total. The Morgan fingerprint density at radius 1 is 1.38 bits per heavy atom.